The lowest BCUT2D eigenvalue weighted by atomic mass is 10.2. The second-order valence-electron chi connectivity index (χ2n) is 7.50. The number of hydrogen-bond acceptors (Lipinski definition) is 7. The van der Waals surface area contributed by atoms with E-state index in [1.165, 1.54) is 11.6 Å². The molecule has 1 amide bonds. The van der Waals surface area contributed by atoms with Crippen LogP contribution in [0.4, 0.5) is 33.2 Å². The van der Waals surface area contributed by atoms with Crippen LogP contribution in [0.5, 0.6) is 0 Å². The molecule has 0 saturated carbocycles. The molecule has 1 aliphatic rings. The molecule has 1 aromatic heterocycles. The number of aromatic nitrogens is 2. The zero-order valence-corrected chi connectivity index (χ0v) is 18.1. The highest BCUT2D eigenvalue weighted by molar-refractivity contribution is 5.99. The molecule has 4 rings (SSSR count). The van der Waals surface area contributed by atoms with E-state index in [-0.39, 0.29) is 17.7 Å². The van der Waals surface area contributed by atoms with Gasteiger partial charge in [-0.15, -0.1) is 0 Å². The van der Waals surface area contributed by atoms with Crippen LogP contribution in [0.3, 0.4) is 0 Å². The number of benzene rings is 2. The number of hydrogen-bond donors (Lipinski definition) is 3. The number of anilines is 5. The third kappa shape index (κ3) is 6.34. The number of carbonyl (C=O) groups is 1. The van der Waals surface area contributed by atoms with Gasteiger partial charge in [0.25, 0.3) is 0 Å². The van der Waals surface area contributed by atoms with Crippen LogP contribution in [0, 0.1) is 5.82 Å². The number of nitrogens with one attached hydrogen (secondary N) is 3. The van der Waals surface area contributed by atoms with Gasteiger partial charge >= 0.3 is 0 Å². The SMILES string of the molecule is C=CC(=O)Nc1cccc(Nc2nc(Nc3ccc(CN4CCOCC4)cc3)ncc2F)c1. The molecule has 8 nitrogen and oxygen atoms in total. The monoisotopic (exact) mass is 448 g/mol. The molecule has 0 spiro atoms. The second-order valence-corrected chi connectivity index (χ2v) is 7.50. The lowest BCUT2D eigenvalue weighted by Crippen LogP contribution is -2.35. The Bertz CT molecular complexity index is 1120. The van der Waals surface area contributed by atoms with E-state index in [2.05, 4.69) is 37.4 Å². The third-order valence-electron chi connectivity index (χ3n) is 5.04. The highest BCUT2D eigenvalue weighted by Crippen LogP contribution is 2.23. The molecule has 33 heavy (non-hydrogen) atoms. The van der Waals surface area contributed by atoms with Gasteiger partial charge in [0.15, 0.2) is 11.6 Å². The van der Waals surface area contributed by atoms with Gasteiger partial charge in [0.05, 0.1) is 19.4 Å². The Kier molecular flexibility index (Phi) is 7.23. The minimum Gasteiger partial charge on any atom is -0.379 e. The van der Waals surface area contributed by atoms with Gasteiger partial charge in [0, 0.05) is 36.7 Å². The van der Waals surface area contributed by atoms with Crippen LogP contribution in [0.25, 0.3) is 0 Å². The molecule has 9 heteroatoms. The molecule has 1 aliphatic heterocycles. The van der Waals surface area contributed by atoms with Crippen molar-refractivity contribution in [2.45, 2.75) is 6.54 Å². The fraction of sp³-hybridized carbons (Fsp3) is 0.208. The summed E-state index contributed by atoms with van der Waals surface area (Å²) in [6, 6.07) is 14.8. The molecule has 2 aromatic carbocycles. The Hall–Kier alpha value is -3.82. The molecule has 0 unspecified atom stereocenters. The van der Waals surface area contributed by atoms with Crippen molar-refractivity contribution in [1.82, 2.24) is 14.9 Å². The van der Waals surface area contributed by atoms with Crippen molar-refractivity contribution in [3.63, 3.8) is 0 Å². The Morgan fingerprint density at radius 1 is 1.09 bits per heavy atom. The summed E-state index contributed by atoms with van der Waals surface area (Å²) in [4.78, 5) is 22.1. The van der Waals surface area contributed by atoms with Crippen molar-refractivity contribution < 1.29 is 13.9 Å². The van der Waals surface area contributed by atoms with E-state index in [4.69, 9.17) is 4.74 Å². The van der Waals surface area contributed by atoms with Crippen LogP contribution < -0.4 is 16.0 Å². The summed E-state index contributed by atoms with van der Waals surface area (Å²) in [5, 5.41) is 8.69. The fourth-order valence-corrected chi connectivity index (χ4v) is 3.36. The van der Waals surface area contributed by atoms with E-state index in [0.29, 0.717) is 11.4 Å². The van der Waals surface area contributed by atoms with Gasteiger partial charge in [-0.3, -0.25) is 9.69 Å². The van der Waals surface area contributed by atoms with Crippen LogP contribution in [-0.4, -0.2) is 47.1 Å². The number of carbonyl (C=O) groups excluding carboxylic acids is 1. The molecule has 0 radical (unpaired) electrons. The van der Waals surface area contributed by atoms with Gasteiger partial charge in [-0.2, -0.15) is 4.98 Å². The highest BCUT2D eigenvalue weighted by atomic mass is 19.1. The first-order chi connectivity index (χ1) is 16.1. The van der Waals surface area contributed by atoms with Crippen LogP contribution in [0.15, 0.2) is 67.4 Å². The molecule has 1 fully saturated rings. The summed E-state index contributed by atoms with van der Waals surface area (Å²) in [5.41, 5.74) is 3.11. The summed E-state index contributed by atoms with van der Waals surface area (Å²) in [5.74, 6) is -0.649. The number of halogens is 1. The minimum atomic E-state index is -0.595. The molecule has 2 heterocycles. The number of morpholine rings is 1. The molecule has 1 saturated heterocycles. The van der Waals surface area contributed by atoms with Gasteiger partial charge in [0.2, 0.25) is 11.9 Å². The van der Waals surface area contributed by atoms with E-state index in [1.54, 1.807) is 24.3 Å². The summed E-state index contributed by atoms with van der Waals surface area (Å²) in [6.07, 6.45) is 2.28. The van der Waals surface area contributed by atoms with E-state index in [9.17, 15) is 9.18 Å². The van der Waals surface area contributed by atoms with Gasteiger partial charge < -0.3 is 20.7 Å². The van der Waals surface area contributed by atoms with Gasteiger partial charge in [0.1, 0.15) is 0 Å². The zero-order chi connectivity index (χ0) is 23.0. The quantitative estimate of drug-likeness (QED) is 0.448. The molecule has 3 N–H and O–H groups in total. The summed E-state index contributed by atoms with van der Waals surface area (Å²) in [6.45, 7) is 7.70. The van der Waals surface area contributed by atoms with Gasteiger partial charge in [-0.1, -0.05) is 24.8 Å². The predicted molar refractivity (Wildman–Crippen MR) is 126 cm³/mol. The van der Waals surface area contributed by atoms with Crippen molar-refractivity contribution >= 4 is 34.7 Å². The largest absolute Gasteiger partial charge is 0.379 e. The maximum atomic E-state index is 14.3. The standard InChI is InChI=1S/C24H25FN6O2/c1-2-22(32)27-19-4-3-5-20(14-19)28-23-21(25)15-26-24(30-23)29-18-8-6-17(7-9-18)16-31-10-12-33-13-11-31/h2-9,14-15H,1,10-13,16H2,(H,27,32)(H2,26,28,29,30). The number of ether oxygens (including phenoxy) is 1. The normalized spacial score (nSPS) is 13.8. The highest BCUT2D eigenvalue weighted by Gasteiger charge is 2.11. The number of rotatable bonds is 8. The van der Waals surface area contributed by atoms with Crippen molar-refractivity contribution in [2.24, 2.45) is 0 Å². The average Bonchev–Trinajstić information content (AvgIpc) is 2.83. The van der Waals surface area contributed by atoms with Crippen LogP contribution in [-0.2, 0) is 16.1 Å². The fourth-order valence-electron chi connectivity index (χ4n) is 3.36. The summed E-state index contributed by atoms with van der Waals surface area (Å²) >= 11 is 0. The first-order valence-corrected chi connectivity index (χ1v) is 10.6. The topological polar surface area (TPSA) is 91.4 Å². The van der Waals surface area contributed by atoms with E-state index in [1.807, 2.05) is 24.3 Å². The number of nitrogens with zero attached hydrogens (tertiary/aromatic N) is 3. The first kappa shape index (κ1) is 22.4. The summed E-state index contributed by atoms with van der Waals surface area (Å²) in [7, 11) is 0. The van der Waals surface area contributed by atoms with Crippen molar-refractivity contribution in [1.29, 1.82) is 0 Å². The predicted octanol–water partition coefficient (Wildman–Crippen LogP) is 4.06. The van der Waals surface area contributed by atoms with Crippen LogP contribution in [0.2, 0.25) is 0 Å². The molecule has 0 bridgehead atoms. The minimum absolute atomic E-state index is 0.0173. The zero-order valence-electron chi connectivity index (χ0n) is 18.1. The summed E-state index contributed by atoms with van der Waals surface area (Å²) < 4.78 is 19.7. The smallest absolute Gasteiger partial charge is 0.247 e. The second kappa shape index (κ2) is 10.7. The Morgan fingerprint density at radius 2 is 1.85 bits per heavy atom. The van der Waals surface area contributed by atoms with Crippen molar-refractivity contribution in [3.05, 3.63) is 78.8 Å². The van der Waals surface area contributed by atoms with E-state index < -0.39 is 5.82 Å². The van der Waals surface area contributed by atoms with E-state index >= 15 is 0 Å². The maximum absolute atomic E-state index is 14.3. The van der Waals surface area contributed by atoms with Crippen molar-refractivity contribution in [3.8, 4) is 0 Å². The molecular formula is C24H25FN6O2. The molecule has 0 atom stereocenters. The Balaban J connectivity index is 1.41. The van der Waals surface area contributed by atoms with Crippen LogP contribution in [0.1, 0.15) is 5.56 Å². The molecular weight excluding hydrogens is 423 g/mol. The number of amides is 1. The lowest BCUT2D eigenvalue weighted by molar-refractivity contribution is -0.111. The Labute approximate surface area is 191 Å². The molecule has 170 valence electrons. The van der Waals surface area contributed by atoms with Gasteiger partial charge in [-0.05, 0) is 42.0 Å². The lowest BCUT2D eigenvalue weighted by Gasteiger charge is -2.26. The Morgan fingerprint density at radius 3 is 2.61 bits per heavy atom. The van der Waals surface area contributed by atoms with E-state index in [0.717, 1.165) is 44.7 Å². The van der Waals surface area contributed by atoms with Crippen LogP contribution >= 0.6 is 0 Å². The maximum Gasteiger partial charge on any atom is 0.247 e. The molecule has 3 aromatic rings. The third-order valence-corrected chi connectivity index (χ3v) is 5.04. The first-order valence-electron chi connectivity index (χ1n) is 10.6. The van der Waals surface area contributed by atoms with Crippen molar-refractivity contribution in [2.75, 3.05) is 42.3 Å². The average molecular weight is 449 g/mol. The van der Waals surface area contributed by atoms with Gasteiger partial charge in [-0.25, -0.2) is 9.37 Å². The molecule has 0 aliphatic carbocycles.